The summed E-state index contributed by atoms with van der Waals surface area (Å²) < 4.78 is 0. The van der Waals surface area contributed by atoms with E-state index >= 15 is 0 Å². The zero-order valence-corrected chi connectivity index (χ0v) is 9.73. The quantitative estimate of drug-likeness (QED) is 0.679. The van der Waals surface area contributed by atoms with Gasteiger partial charge in [-0.3, -0.25) is 4.98 Å². The van der Waals surface area contributed by atoms with Crippen LogP contribution < -0.4 is 0 Å². The topological polar surface area (TPSA) is 37.6 Å². The van der Waals surface area contributed by atoms with E-state index in [-0.39, 0.29) is 11.5 Å². The van der Waals surface area contributed by atoms with Gasteiger partial charge in [0.15, 0.2) is 0 Å². The molecule has 1 heterocycles. The third-order valence-electron chi connectivity index (χ3n) is 2.35. The Balaban J connectivity index is 2.70. The lowest BCUT2D eigenvalue weighted by molar-refractivity contribution is 0.342. The monoisotopic (exact) mass is 203 g/mol. The number of aliphatic imine (C=N–C) groups is 2. The fourth-order valence-corrected chi connectivity index (χ4v) is 0.785. The van der Waals surface area contributed by atoms with Crippen molar-refractivity contribution in [3.8, 4) is 0 Å². The maximum Gasteiger partial charge on any atom is 0.0951 e. The second-order valence-electron chi connectivity index (χ2n) is 4.59. The van der Waals surface area contributed by atoms with Gasteiger partial charge in [-0.15, -0.1) is 0 Å². The summed E-state index contributed by atoms with van der Waals surface area (Å²) in [6.45, 7) is 8.51. The molecule has 3 heteroatoms. The fourth-order valence-electron chi connectivity index (χ4n) is 0.785. The van der Waals surface area contributed by atoms with Gasteiger partial charge in [0, 0.05) is 12.4 Å². The molecule has 1 unspecified atom stereocenters. The predicted molar refractivity (Wildman–Crippen MR) is 62.7 cm³/mol. The molecule has 3 nitrogen and oxygen atoms in total. The Labute approximate surface area is 91.0 Å². The van der Waals surface area contributed by atoms with Crippen LogP contribution in [0.4, 0.5) is 5.69 Å². The lowest BCUT2D eigenvalue weighted by Gasteiger charge is -2.21. The highest BCUT2D eigenvalue weighted by Gasteiger charge is 2.18. The second-order valence-corrected chi connectivity index (χ2v) is 4.59. The average Bonchev–Trinajstić information content (AvgIpc) is 2.18. The molecule has 80 valence electrons. The molecule has 0 bridgehead atoms. The maximum absolute atomic E-state index is 4.25. The van der Waals surface area contributed by atoms with Gasteiger partial charge in [0.25, 0.3) is 0 Å². The van der Waals surface area contributed by atoms with E-state index in [1.54, 1.807) is 12.4 Å². The summed E-state index contributed by atoms with van der Waals surface area (Å²) in [5.74, 6) is 0. The van der Waals surface area contributed by atoms with Crippen LogP contribution in [-0.2, 0) is 0 Å². The van der Waals surface area contributed by atoms with Gasteiger partial charge in [-0.2, -0.15) is 4.99 Å². The minimum Gasteiger partial charge on any atom is -0.265 e. The predicted octanol–water partition coefficient (Wildman–Crippen LogP) is 3.32. The van der Waals surface area contributed by atoms with Gasteiger partial charge in [-0.05, 0) is 24.5 Å². The van der Waals surface area contributed by atoms with Crippen molar-refractivity contribution in [2.75, 3.05) is 0 Å². The smallest absolute Gasteiger partial charge is 0.0951 e. The van der Waals surface area contributed by atoms with Crippen molar-refractivity contribution < 1.29 is 0 Å². The van der Waals surface area contributed by atoms with E-state index in [1.807, 2.05) is 12.1 Å². The van der Waals surface area contributed by atoms with Crippen LogP contribution >= 0.6 is 0 Å². The van der Waals surface area contributed by atoms with Crippen molar-refractivity contribution in [1.29, 1.82) is 0 Å². The number of nitrogens with zero attached hydrogens (tertiary/aromatic N) is 3. The molecule has 0 saturated carbocycles. The molecule has 0 spiro atoms. The van der Waals surface area contributed by atoms with Crippen LogP contribution in [0.15, 0.2) is 34.5 Å². The summed E-state index contributed by atoms with van der Waals surface area (Å²) in [7, 11) is 0. The summed E-state index contributed by atoms with van der Waals surface area (Å²) in [5.41, 5.74) is 0.982. The number of hydrogen-bond acceptors (Lipinski definition) is 3. The highest BCUT2D eigenvalue weighted by atomic mass is 14.9. The summed E-state index contributed by atoms with van der Waals surface area (Å²) in [5, 5.41) is 0. The minimum atomic E-state index is 0.154. The van der Waals surface area contributed by atoms with E-state index in [4.69, 9.17) is 0 Å². The van der Waals surface area contributed by atoms with E-state index in [1.165, 1.54) is 0 Å². The zero-order chi connectivity index (χ0) is 11.3. The van der Waals surface area contributed by atoms with Gasteiger partial charge in [0.1, 0.15) is 0 Å². The van der Waals surface area contributed by atoms with Gasteiger partial charge in [0.2, 0.25) is 0 Å². The Hall–Kier alpha value is -1.47. The summed E-state index contributed by atoms with van der Waals surface area (Å²) in [4.78, 5) is 12.3. The third kappa shape index (κ3) is 4.05. The molecular weight excluding hydrogens is 186 g/mol. The molecule has 15 heavy (non-hydrogen) atoms. The first-order chi connectivity index (χ1) is 7.00. The van der Waals surface area contributed by atoms with Crippen LogP contribution in [0.25, 0.3) is 0 Å². The normalized spacial score (nSPS) is 12.8. The molecule has 0 aromatic carbocycles. The summed E-state index contributed by atoms with van der Waals surface area (Å²) in [6, 6.07) is 6.59. The minimum absolute atomic E-state index is 0.154. The number of rotatable bonds is 2. The molecule has 0 aliphatic heterocycles. The van der Waals surface area contributed by atoms with Crippen molar-refractivity contribution >= 4 is 11.7 Å². The van der Waals surface area contributed by atoms with Gasteiger partial charge in [-0.1, -0.05) is 20.8 Å². The molecule has 0 aliphatic carbocycles. The molecule has 0 fully saturated rings. The number of aromatic nitrogens is 1. The maximum atomic E-state index is 4.25. The molecule has 1 aromatic heterocycles. The molecule has 0 N–H and O–H groups in total. The van der Waals surface area contributed by atoms with Gasteiger partial charge in [0.05, 0.1) is 17.7 Å². The van der Waals surface area contributed by atoms with E-state index in [0.717, 1.165) is 5.69 Å². The second kappa shape index (κ2) is 4.85. The van der Waals surface area contributed by atoms with Gasteiger partial charge in [-0.25, -0.2) is 4.99 Å². The van der Waals surface area contributed by atoms with Crippen LogP contribution in [0.5, 0.6) is 0 Å². The van der Waals surface area contributed by atoms with Crippen LogP contribution in [0.2, 0.25) is 0 Å². The summed E-state index contributed by atoms with van der Waals surface area (Å²) in [6.07, 6.45) is 3.40. The molecular formula is C12H17N3. The van der Waals surface area contributed by atoms with Crippen LogP contribution in [-0.4, -0.2) is 17.0 Å². The van der Waals surface area contributed by atoms with Crippen LogP contribution in [0.3, 0.4) is 0 Å². The standard InChI is InChI=1S/C12H17N3/c1-10(12(2,3)4)14-9-15-11-5-7-13-8-6-11/h5-8,10H,1-4H3. The van der Waals surface area contributed by atoms with Crippen molar-refractivity contribution in [3.05, 3.63) is 24.5 Å². The average molecular weight is 203 g/mol. The van der Waals surface area contributed by atoms with Crippen molar-refractivity contribution in [2.45, 2.75) is 33.7 Å². The molecule has 1 rings (SSSR count). The summed E-state index contributed by atoms with van der Waals surface area (Å²) >= 11 is 0. The molecule has 0 radical (unpaired) electrons. The lowest BCUT2D eigenvalue weighted by atomic mass is 9.89. The number of pyridine rings is 1. The van der Waals surface area contributed by atoms with Crippen LogP contribution in [0, 0.1) is 5.41 Å². The highest BCUT2D eigenvalue weighted by molar-refractivity contribution is 5.51. The van der Waals surface area contributed by atoms with E-state index in [9.17, 15) is 0 Å². The lowest BCUT2D eigenvalue weighted by Crippen LogP contribution is -2.20. The van der Waals surface area contributed by atoms with Crippen molar-refractivity contribution in [3.63, 3.8) is 0 Å². The molecule has 1 atom stereocenters. The van der Waals surface area contributed by atoms with Gasteiger partial charge < -0.3 is 0 Å². The van der Waals surface area contributed by atoms with Gasteiger partial charge >= 0.3 is 0 Å². The molecule has 0 aliphatic rings. The zero-order valence-electron chi connectivity index (χ0n) is 9.73. The van der Waals surface area contributed by atoms with Crippen LogP contribution in [0.1, 0.15) is 27.7 Å². The highest BCUT2D eigenvalue weighted by Crippen LogP contribution is 2.21. The Kier molecular flexibility index (Phi) is 3.75. The first-order valence-electron chi connectivity index (χ1n) is 5.06. The largest absolute Gasteiger partial charge is 0.265 e. The Morgan fingerprint density at radius 2 is 1.87 bits per heavy atom. The first-order valence-corrected chi connectivity index (χ1v) is 5.06. The molecule has 0 amide bonds. The van der Waals surface area contributed by atoms with E-state index in [2.05, 4.69) is 48.7 Å². The number of hydrogen-bond donors (Lipinski definition) is 0. The Morgan fingerprint density at radius 1 is 1.27 bits per heavy atom. The van der Waals surface area contributed by atoms with E-state index in [0.29, 0.717) is 0 Å². The SMILES string of the molecule is CC(N=C=Nc1ccncc1)C(C)(C)C. The fraction of sp³-hybridized carbons (Fsp3) is 0.500. The van der Waals surface area contributed by atoms with Crippen molar-refractivity contribution in [1.82, 2.24) is 4.98 Å². The third-order valence-corrected chi connectivity index (χ3v) is 2.35. The van der Waals surface area contributed by atoms with Crippen molar-refractivity contribution in [2.24, 2.45) is 15.4 Å². The first kappa shape index (κ1) is 11.6. The molecule has 0 saturated heterocycles. The Bertz CT molecular complexity index is 356. The van der Waals surface area contributed by atoms with E-state index < -0.39 is 0 Å². The molecule has 1 aromatic rings. The Morgan fingerprint density at radius 3 is 2.40 bits per heavy atom.